The van der Waals surface area contributed by atoms with Gasteiger partial charge in [0.2, 0.25) is 5.91 Å². The maximum absolute atomic E-state index is 13.8. The molecular weight excluding hydrogens is 344 g/mol. The highest BCUT2D eigenvalue weighted by Gasteiger charge is 2.31. The number of hydrogen-bond acceptors (Lipinski definition) is 4. The van der Waals surface area contributed by atoms with Gasteiger partial charge in [0, 0.05) is 6.07 Å². The van der Waals surface area contributed by atoms with Gasteiger partial charge in [0.25, 0.3) is 0 Å². The first-order valence-corrected chi connectivity index (χ1v) is 6.93. The number of aromatic nitrogens is 3. The second-order valence-electron chi connectivity index (χ2n) is 5.01. The van der Waals surface area contributed by atoms with Crippen LogP contribution in [-0.2, 0) is 11.2 Å². The molecule has 2 aromatic heterocycles. The molecule has 0 saturated carbocycles. The lowest BCUT2D eigenvalue weighted by atomic mass is 10.1. The summed E-state index contributed by atoms with van der Waals surface area (Å²) in [5.74, 6) is -2.20. The molecule has 25 heavy (non-hydrogen) atoms. The predicted molar refractivity (Wildman–Crippen MR) is 78.4 cm³/mol. The van der Waals surface area contributed by atoms with Gasteiger partial charge in [-0.1, -0.05) is 6.07 Å². The van der Waals surface area contributed by atoms with E-state index in [4.69, 9.17) is 0 Å². The number of alkyl halides is 3. The predicted octanol–water partition coefficient (Wildman–Crippen LogP) is 2.95. The van der Waals surface area contributed by atoms with Crippen LogP contribution in [0, 0.1) is 5.82 Å². The average molecular weight is 354 g/mol. The summed E-state index contributed by atoms with van der Waals surface area (Å²) in [6.07, 6.45) is -2.39. The molecule has 6 nitrogen and oxygen atoms in total. The maximum Gasteiger partial charge on any atom is 0.573 e. The van der Waals surface area contributed by atoms with Gasteiger partial charge in [-0.25, -0.2) is 13.9 Å². The number of ether oxygens (including phenoxy) is 1. The van der Waals surface area contributed by atoms with Crippen molar-refractivity contribution in [1.82, 2.24) is 14.6 Å². The summed E-state index contributed by atoms with van der Waals surface area (Å²) in [5, 5.41) is 6.46. The molecule has 130 valence electrons. The summed E-state index contributed by atoms with van der Waals surface area (Å²) in [6.45, 7) is 0. The molecule has 10 heteroatoms. The van der Waals surface area contributed by atoms with E-state index in [9.17, 15) is 22.4 Å². The highest BCUT2D eigenvalue weighted by molar-refractivity contribution is 5.92. The molecule has 3 rings (SSSR count). The summed E-state index contributed by atoms with van der Waals surface area (Å²) in [7, 11) is 0. The molecule has 0 fully saturated rings. The third kappa shape index (κ3) is 4.22. The van der Waals surface area contributed by atoms with Crippen molar-refractivity contribution >= 4 is 17.2 Å². The van der Waals surface area contributed by atoms with Gasteiger partial charge in [0.1, 0.15) is 17.9 Å². The second-order valence-corrected chi connectivity index (χ2v) is 5.01. The Hall–Kier alpha value is -3.17. The first kappa shape index (κ1) is 16.7. The van der Waals surface area contributed by atoms with E-state index in [-0.39, 0.29) is 12.0 Å². The third-order valence-electron chi connectivity index (χ3n) is 3.17. The first-order chi connectivity index (χ1) is 11.8. The summed E-state index contributed by atoms with van der Waals surface area (Å²) in [4.78, 5) is 15.9. The number of amides is 1. The van der Waals surface area contributed by atoms with Crippen LogP contribution in [0.25, 0.3) is 5.65 Å². The number of nitrogens with one attached hydrogen (secondary N) is 1. The van der Waals surface area contributed by atoms with Crippen LogP contribution in [0.2, 0.25) is 0 Å². The highest BCUT2D eigenvalue weighted by Crippen LogP contribution is 2.24. The molecule has 3 aromatic rings. The molecular formula is C15H10F4N4O2. The number of hydrogen-bond donors (Lipinski definition) is 1. The maximum atomic E-state index is 13.8. The summed E-state index contributed by atoms with van der Waals surface area (Å²) < 4.78 is 55.2. The molecule has 2 heterocycles. The van der Waals surface area contributed by atoms with Crippen molar-refractivity contribution in [1.29, 1.82) is 0 Å². The van der Waals surface area contributed by atoms with Gasteiger partial charge >= 0.3 is 6.36 Å². The van der Waals surface area contributed by atoms with E-state index in [2.05, 4.69) is 20.1 Å². The molecule has 0 aliphatic heterocycles. The lowest BCUT2D eigenvalue weighted by molar-refractivity contribution is -0.274. The van der Waals surface area contributed by atoms with Crippen molar-refractivity contribution in [2.75, 3.05) is 5.32 Å². The normalized spacial score (nSPS) is 11.5. The zero-order valence-corrected chi connectivity index (χ0v) is 12.4. The molecule has 1 amide bonds. The van der Waals surface area contributed by atoms with Crippen LogP contribution in [0.3, 0.4) is 0 Å². The number of halogens is 4. The van der Waals surface area contributed by atoms with Gasteiger partial charge in [0.15, 0.2) is 5.65 Å². The van der Waals surface area contributed by atoms with Gasteiger partial charge < -0.3 is 10.1 Å². The van der Waals surface area contributed by atoms with Crippen LogP contribution in [0.5, 0.6) is 5.75 Å². The van der Waals surface area contributed by atoms with Crippen LogP contribution < -0.4 is 10.1 Å². The number of fused-ring (bicyclic) bond motifs is 1. The largest absolute Gasteiger partial charge is 0.573 e. The SMILES string of the molecule is O=C(Cc1ccc(OC(F)(F)F)cc1F)Nc1ccc2ncnn2c1. The number of pyridine rings is 1. The lowest BCUT2D eigenvalue weighted by Gasteiger charge is -2.10. The molecule has 1 N–H and O–H groups in total. The van der Waals surface area contributed by atoms with Crippen LogP contribution in [0.4, 0.5) is 23.2 Å². The van der Waals surface area contributed by atoms with Crippen LogP contribution in [-0.4, -0.2) is 26.9 Å². The van der Waals surface area contributed by atoms with E-state index in [1.54, 1.807) is 12.1 Å². The molecule has 0 unspecified atom stereocenters. The number of carbonyl (C=O) groups is 1. The summed E-state index contributed by atoms with van der Waals surface area (Å²) in [6, 6.07) is 5.82. The molecule has 1 aromatic carbocycles. The van der Waals surface area contributed by atoms with E-state index < -0.39 is 23.8 Å². The van der Waals surface area contributed by atoms with E-state index in [0.29, 0.717) is 17.4 Å². The molecule has 0 radical (unpaired) electrons. The van der Waals surface area contributed by atoms with E-state index in [1.807, 2.05) is 0 Å². The Morgan fingerprint density at radius 2 is 2.04 bits per heavy atom. The van der Waals surface area contributed by atoms with Gasteiger partial charge in [-0.3, -0.25) is 4.79 Å². The highest BCUT2D eigenvalue weighted by atomic mass is 19.4. The average Bonchev–Trinajstić information content (AvgIpc) is 2.96. The molecule has 0 aliphatic rings. The van der Waals surface area contributed by atoms with Crippen LogP contribution in [0.1, 0.15) is 5.56 Å². The van der Waals surface area contributed by atoms with Crippen LogP contribution in [0.15, 0.2) is 42.9 Å². The Kier molecular flexibility index (Phi) is 4.26. The molecule has 0 spiro atoms. The number of nitrogens with zero attached hydrogens (tertiary/aromatic N) is 3. The number of benzene rings is 1. The molecule has 0 saturated heterocycles. The van der Waals surface area contributed by atoms with Gasteiger partial charge in [-0.05, 0) is 23.8 Å². The Balaban J connectivity index is 1.67. The minimum atomic E-state index is -4.91. The fraction of sp³-hybridized carbons (Fsp3) is 0.133. The zero-order chi connectivity index (χ0) is 18.0. The van der Waals surface area contributed by atoms with E-state index in [1.165, 1.54) is 17.0 Å². The Morgan fingerprint density at radius 1 is 1.24 bits per heavy atom. The quantitative estimate of drug-likeness (QED) is 0.732. The monoisotopic (exact) mass is 354 g/mol. The van der Waals surface area contributed by atoms with Crippen molar-refractivity contribution in [2.45, 2.75) is 12.8 Å². The van der Waals surface area contributed by atoms with Gasteiger partial charge in [0.05, 0.1) is 18.3 Å². The summed E-state index contributed by atoms with van der Waals surface area (Å²) >= 11 is 0. The fourth-order valence-electron chi connectivity index (χ4n) is 2.14. The fourth-order valence-corrected chi connectivity index (χ4v) is 2.14. The van der Waals surface area contributed by atoms with Crippen molar-refractivity contribution in [3.05, 3.63) is 54.2 Å². The molecule has 0 atom stereocenters. The van der Waals surface area contributed by atoms with Crippen LogP contribution >= 0.6 is 0 Å². The van der Waals surface area contributed by atoms with Crippen molar-refractivity contribution in [3.63, 3.8) is 0 Å². The standard InChI is InChI=1S/C15H10F4N4O2/c16-12-6-11(25-15(17,18)19)3-1-9(12)5-14(24)22-10-2-4-13-20-8-21-23(13)7-10/h1-4,6-8H,5H2,(H,22,24). The minimum absolute atomic E-state index is 0.0612. The van der Waals surface area contributed by atoms with Crippen molar-refractivity contribution < 1.29 is 27.1 Å². The topological polar surface area (TPSA) is 68.5 Å². The molecule has 0 aliphatic carbocycles. The number of carbonyl (C=O) groups excluding carboxylic acids is 1. The lowest BCUT2D eigenvalue weighted by Crippen LogP contribution is -2.18. The Morgan fingerprint density at radius 3 is 2.76 bits per heavy atom. The molecule has 0 bridgehead atoms. The minimum Gasteiger partial charge on any atom is -0.406 e. The number of rotatable bonds is 4. The first-order valence-electron chi connectivity index (χ1n) is 6.93. The zero-order valence-electron chi connectivity index (χ0n) is 12.4. The van der Waals surface area contributed by atoms with Gasteiger partial charge in [-0.15, -0.1) is 13.2 Å². The second kappa shape index (κ2) is 6.38. The van der Waals surface area contributed by atoms with Gasteiger partial charge in [-0.2, -0.15) is 5.10 Å². The summed E-state index contributed by atoms with van der Waals surface area (Å²) in [5.41, 5.74) is 0.943. The van der Waals surface area contributed by atoms with E-state index in [0.717, 1.165) is 12.1 Å². The van der Waals surface area contributed by atoms with Crippen molar-refractivity contribution in [3.8, 4) is 5.75 Å². The Labute approximate surface area is 138 Å². The van der Waals surface area contributed by atoms with Crippen molar-refractivity contribution in [2.24, 2.45) is 0 Å². The Bertz CT molecular complexity index is 923. The smallest absolute Gasteiger partial charge is 0.406 e. The number of anilines is 1. The van der Waals surface area contributed by atoms with E-state index >= 15 is 0 Å². The third-order valence-corrected chi connectivity index (χ3v) is 3.17.